The van der Waals surface area contributed by atoms with E-state index in [4.69, 9.17) is 14.2 Å². The van der Waals surface area contributed by atoms with Gasteiger partial charge in [-0.15, -0.1) is 4.48 Å². The number of methoxy groups -OCH3 is 2. The zero-order chi connectivity index (χ0) is 19.0. The van der Waals surface area contributed by atoms with E-state index in [0.29, 0.717) is 23.6 Å². The third-order valence-corrected chi connectivity index (χ3v) is 4.76. The van der Waals surface area contributed by atoms with E-state index in [1.165, 1.54) is 5.54 Å². The summed E-state index contributed by atoms with van der Waals surface area (Å²) in [4.78, 5) is 16.8. The van der Waals surface area contributed by atoms with Crippen molar-refractivity contribution in [3.8, 4) is 5.82 Å². The van der Waals surface area contributed by atoms with Crippen LogP contribution in [0, 0.1) is 5.92 Å². The average Bonchev–Trinajstić information content (AvgIpc) is 3.40. The van der Waals surface area contributed by atoms with Gasteiger partial charge in [0.05, 0.1) is 19.0 Å². The van der Waals surface area contributed by atoms with Gasteiger partial charge < -0.3 is 14.2 Å². The van der Waals surface area contributed by atoms with Crippen molar-refractivity contribution in [3.05, 3.63) is 25.0 Å². The average molecular weight is 377 g/mol. The molecule has 4 atom stereocenters. The number of hydrogen-bond acceptors (Lipinski definition) is 8. The molecule has 0 spiro atoms. The van der Waals surface area contributed by atoms with Crippen molar-refractivity contribution >= 4 is 17.1 Å². The van der Waals surface area contributed by atoms with Crippen LogP contribution in [-0.4, -0.2) is 62.1 Å². The highest BCUT2D eigenvalue weighted by Crippen LogP contribution is 2.38. The van der Waals surface area contributed by atoms with Gasteiger partial charge in [-0.1, -0.05) is 6.92 Å². The number of imidazole rings is 2. The van der Waals surface area contributed by atoms with Crippen LogP contribution in [0.3, 0.4) is 0 Å². The van der Waals surface area contributed by atoms with Crippen LogP contribution < -0.4 is 5.54 Å². The first-order chi connectivity index (χ1) is 13.2. The SMILES string of the molecule is COC[C@H]1O[C@@H](n2cnc3c(-n4ccnc4)nc(NF)nc32)C(C)C1OC. The van der Waals surface area contributed by atoms with Crippen LogP contribution in [0.25, 0.3) is 17.0 Å². The Balaban J connectivity index is 1.80. The molecule has 10 nitrogen and oxygen atoms in total. The van der Waals surface area contributed by atoms with Gasteiger partial charge in [-0.05, 0) is 0 Å². The maximum atomic E-state index is 13.1. The number of rotatable bonds is 6. The second kappa shape index (κ2) is 7.18. The number of hydrogen-bond donors (Lipinski definition) is 1. The Kier molecular flexibility index (Phi) is 4.72. The highest BCUT2D eigenvalue weighted by atomic mass is 19.2. The number of anilines is 1. The second-order valence-electron chi connectivity index (χ2n) is 6.34. The van der Waals surface area contributed by atoms with Gasteiger partial charge >= 0.3 is 0 Å². The molecule has 0 aliphatic carbocycles. The zero-order valence-corrected chi connectivity index (χ0v) is 15.1. The lowest BCUT2D eigenvalue weighted by Gasteiger charge is -2.19. The van der Waals surface area contributed by atoms with Crippen LogP contribution in [-0.2, 0) is 14.2 Å². The highest BCUT2D eigenvalue weighted by Gasteiger charge is 2.43. The van der Waals surface area contributed by atoms with Crippen molar-refractivity contribution in [2.75, 3.05) is 26.4 Å². The molecule has 27 heavy (non-hydrogen) atoms. The molecule has 0 saturated carbocycles. The van der Waals surface area contributed by atoms with Gasteiger partial charge in [0.15, 0.2) is 17.0 Å². The predicted molar refractivity (Wildman–Crippen MR) is 92.9 cm³/mol. The molecule has 3 aromatic rings. The maximum Gasteiger partial charge on any atom is 0.255 e. The molecule has 1 saturated heterocycles. The number of fused-ring (bicyclic) bond motifs is 1. The molecule has 11 heteroatoms. The van der Waals surface area contributed by atoms with E-state index < -0.39 is 6.23 Å². The number of nitrogens with zero attached hydrogens (tertiary/aromatic N) is 6. The van der Waals surface area contributed by atoms with Gasteiger partial charge in [0, 0.05) is 32.5 Å². The van der Waals surface area contributed by atoms with Gasteiger partial charge in [-0.2, -0.15) is 15.5 Å². The third-order valence-electron chi connectivity index (χ3n) is 4.76. The fourth-order valence-corrected chi connectivity index (χ4v) is 3.56. The molecule has 1 N–H and O–H groups in total. The van der Waals surface area contributed by atoms with E-state index in [9.17, 15) is 4.48 Å². The van der Waals surface area contributed by atoms with Crippen molar-refractivity contribution in [1.82, 2.24) is 29.1 Å². The van der Waals surface area contributed by atoms with Crippen molar-refractivity contribution < 1.29 is 18.7 Å². The second-order valence-corrected chi connectivity index (χ2v) is 6.34. The highest BCUT2D eigenvalue weighted by molar-refractivity contribution is 5.80. The number of halogens is 1. The lowest BCUT2D eigenvalue weighted by molar-refractivity contribution is -0.0600. The Hall–Kier alpha value is -2.63. The predicted octanol–water partition coefficient (Wildman–Crippen LogP) is 1.50. The van der Waals surface area contributed by atoms with Crippen molar-refractivity contribution in [2.24, 2.45) is 5.92 Å². The van der Waals surface area contributed by atoms with Crippen LogP contribution in [0.5, 0.6) is 0 Å². The Bertz CT molecular complexity index is 916. The zero-order valence-electron chi connectivity index (χ0n) is 15.1. The molecule has 4 heterocycles. The summed E-state index contributed by atoms with van der Waals surface area (Å²) in [6, 6.07) is 0. The summed E-state index contributed by atoms with van der Waals surface area (Å²) in [6.07, 6.45) is 5.71. The molecule has 4 rings (SSSR count). The van der Waals surface area contributed by atoms with E-state index in [1.54, 1.807) is 48.4 Å². The van der Waals surface area contributed by atoms with Crippen molar-refractivity contribution in [3.63, 3.8) is 0 Å². The first-order valence-corrected chi connectivity index (χ1v) is 8.44. The van der Waals surface area contributed by atoms with Gasteiger partial charge in [0.25, 0.3) is 5.95 Å². The molecule has 3 aromatic heterocycles. The molecule has 1 fully saturated rings. The quantitative estimate of drug-likeness (QED) is 0.645. The van der Waals surface area contributed by atoms with Gasteiger partial charge in [-0.3, -0.25) is 9.13 Å². The molecule has 0 aromatic carbocycles. The van der Waals surface area contributed by atoms with Crippen LogP contribution in [0.1, 0.15) is 13.2 Å². The van der Waals surface area contributed by atoms with Gasteiger partial charge in [0.2, 0.25) is 0 Å². The fraction of sp³-hybridized carbons (Fsp3) is 0.500. The van der Waals surface area contributed by atoms with E-state index in [2.05, 4.69) is 19.9 Å². The van der Waals surface area contributed by atoms with Gasteiger partial charge in [0.1, 0.15) is 18.7 Å². The summed E-state index contributed by atoms with van der Waals surface area (Å²) in [6.45, 7) is 2.42. The molecule has 0 bridgehead atoms. The Morgan fingerprint density at radius 1 is 1.30 bits per heavy atom. The summed E-state index contributed by atoms with van der Waals surface area (Å²) in [7, 11) is 3.26. The Labute approximate surface area is 154 Å². The smallest absolute Gasteiger partial charge is 0.255 e. The molecular weight excluding hydrogens is 357 g/mol. The molecule has 1 aliphatic rings. The van der Waals surface area contributed by atoms with Crippen LogP contribution in [0.2, 0.25) is 0 Å². The first kappa shape index (κ1) is 17.8. The largest absolute Gasteiger partial charge is 0.382 e. The van der Waals surface area contributed by atoms with Crippen LogP contribution in [0.4, 0.5) is 10.4 Å². The lowest BCUT2D eigenvalue weighted by atomic mass is 10.0. The van der Waals surface area contributed by atoms with E-state index in [-0.39, 0.29) is 24.1 Å². The maximum absolute atomic E-state index is 13.1. The van der Waals surface area contributed by atoms with Crippen molar-refractivity contribution in [1.29, 1.82) is 0 Å². The normalized spacial score (nSPS) is 25.3. The van der Waals surface area contributed by atoms with Gasteiger partial charge in [-0.25, -0.2) is 9.97 Å². The minimum absolute atomic E-state index is 0.000922. The summed E-state index contributed by atoms with van der Waals surface area (Å²) in [5.41, 5.74) is 2.46. The summed E-state index contributed by atoms with van der Waals surface area (Å²) in [5, 5.41) is 0. The molecule has 1 aliphatic heterocycles. The minimum Gasteiger partial charge on any atom is -0.382 e. The molecule has 2 unspecified atom stereocenters. The topological polar surface area (TPSA) is 101 Å². The standard InChI is InChI=1S/C16H20FN7O3/c1-9-12(26-3)10(6-25-2)27-15(9)24-8-19-11-13(23-5-4-18-7-23)20-16(22-17)21-14(11)24/h4-5,7-10,12,15H,6H2,1-3H3,(H,20,21,22)/t9?,10-,12?,15-/m1/s1. The van der Waals surface area contributed by atoms with E-state index in [0.717, 1.165) is 0 Å². The molecule has 0 amide bonds. The lowest BCUT2D eigenvalue weighted by Crippen LogP contribution is -2.31. The first-order valence-electron chi connectivity index (χ1n) is 8.44. The Morgan fingerprint density at radius 2 is 2.15 bits per heavy atom. The molecule has 0 radical (unpaired) electrons. The molecular formula is C16H20FN7O3. The number of nitrogens with one attached hydrogen (secondary N) is 1. The fourth-order valence-electron chi connectivity index (χ4n) is 3.56. The monoisotopic (exact) mass is 377 g/mol. The third kappa shape index (κ3) is 2.93. The van der Waals surface area contributed by atoms with E-state index in [1.807, 2.05) is 6.92 Å². The minimum atomic E-state index is -0.391. The van der Waals surface area contributed by atoms with Crippen LogP contribution in [0.15, 0.2) is 25.0 Å². The molecule has 144 valence electrons. The Morgan fingerprint density at radius 3 is 2.81 bits per heavy atom. The number of ether oxygens (including phenoxy) is 3. The number of aromatic nitrogens is 6. The van der Waals surface area contributed by atoms with Crippen molar-refractivity contribution in [2.45, 2.75) is 25.4 Å². The van der Waals surface area contributed by atoms with Crippen LogP contribution >= 0.6 is 0 Å². The summed E-state index contributed by atoms with van der Waals surface area (Å²) >= 11 is 0. The summed E-state index contributed by atoms with van der Waals surface area (Å²) in [5.74, 6) is 0.245. The summed E-state index contributed by atoms with van der Waals surface area (Å²) < 4.78 is 33.6. The van der Waals surface area contributed by atoms with E-state index >= 15 is 0 Å².